The maximum Gasteiger partial charge on any atom is 0.231 e. The zero-order chi connectivity index (χ0) is 16.9. The van der Waals surface area contributed by atoms with E-state index >= 15 is 0 Å². The Morgan fingerprint density at radius 1 is 1.38 bits per heavy atom. The summed E-state index contributed by atoms with van der Waals surface area (Å²) in [6.07, 6.45) is 4.43. The highest BCUT2D eigenvalue weighted by Crippen LogP contribution is 2.28. The van der Waals surface area contributed by atoms with Gasteiger partial charge in [0.1, 0.15) is 5.82 Å². The van der Waals surface area contributed by atoms with Crippen LogP contribution in [0, 0.1) is 5.82 Å². The highest BCUT2D eigenvalue weighted by atomic mass is 19.1. The second-order valence-electron chi connectivity index (χ2n) is 6.25. The number of likely N-dealkylation sites (tertiary alicyclic amines) is 1. The van der Waals surface area contributed by atoms with E-state index in [1.807, 2.05) is 4.90 Å². The Balaban J connectivity index is 1.68. The maximum absolute atomic E-state index is 13.0. The van der Waals surface area contributed by atoms with Crippen molar-refractivity contribution in [2.75, 3.05) is 13.1 Å². The zero-order valence-electron chi connectivity index (χ0n) is 13.9. The van der Waals surface area contributed by atoms with Crippen LogP contribution in [0.15, 0.2) is 28.8 Å². The van der Waals surface area contributed by atoms with Gasteiger partial charge in [0, 0.05) is 25.1 Å². The highest BCUT2D eigenvalue weighted by Gasteiger charge is 2.28. The molecule has 1 aromatic carbocycles. The van der Waals surface area contributed by atoms with Crippen molar-refractivity contribution in [2.45, 2.75) is 44.9 Å². The Morgan fingerprint density at radius 2 is 2.17 bits per heavy atom. The molecule has 128 valence electrons. The van der Waals surface area contributed by atoms with Gasteiger partial charge < -0.3 is 9.42 Å². The molecule has 3 rings (SSSR count). The molecule has 0 spiro atoms. The third-order valence-electron chi connectivity index (χ3n) is 4.41. The molecule has 1 aliphatic rings. The van der Waals surface area contributed by atoms with Crippen molar-refractivity contribution in [2.24, 2.45) is 0 Å². The van der Waals surface area contributed by atoms with E-state index in [0.717, 1.165) is 37.8 Å². The molecule has 1 aromatic heterocycles. The van der Waals surface area contributed by atoms with Crippen LogP contribution < -0.4 is 0 Å². The predicted molar refractivity (Wildman–Crippen MR) is 87.8 cm³/mol. The number of benzene rings is 1. The SMILES string of the molecule is CCCCC(=O)N1CCCC(c2nc(-c3ccc(F)cc3)no2)C1. The van der Waals surface area contributed by atoms with Crippen LogP contribution in [0.1, 0.15) is 50.8 Å². The standard InChI is InChI=1S/C18H22FN3O2/c1-2-3-6-16(23)22-11-4-5-14(12-22)18-20-17(21-24-18)13-7-9-15(19)10-8-13/h7-10,14H,2-6,11-12H2,1H3. The maximum atomic E-state index is 13.0. The first-order chi connectivity index (χ1) is 11.7. The summed E-state index contributed by atoms with van der Waals surface area (Å²) in [5, 5.41) is 4.00. The molecule has 1 atom stereocenters. The van der Waals surface area contributed by atoms with Crippen molar-refractivity contribution in [3.63, 3.8) is 0 Å². The quantitative estimate of drug-likeness (QED) is 0.837. The van der Waals surface area contributed by atoms with Crippen LogP contribution in [0.5, 0.6) is 0 Å². The van der Waals surface area contributed by atoms with E-state index in [0.29, 0.717) is 24.7 Å². The number of hydrogen-bond acceptors (Lipinski definition) is 4. The van der Waals surface area contributed by atoms with E-state index < -0.39 is 0 Å². The topological polar surface area (TPSA) is 59.2 Å². The van der Waals surface area contributed by atoms with Crippen LogP contribution in [0.25, 0.3) is 11.4 Å². The van der Waals surface area contributed by atoms with Crippen LogP contribution >= 0.6 is 0 Å². The van der Waals surface area contributed by atoms with E-state index in [9.17, 15) is 9.18 Å². The van der Waals surface area contributed by atoms with Crippen LogP contribution in [-0.4, -0.2) is 34.0 Å². The summed E-state index contributed by atoms with van der Waals surface area (Å²) in [7, 11) is 0. The lowest BCUT2D eigenvalue weighted by Crippen LogP contribution is -2.39. The Hall–Kier alpha value is -2.24. The van der Waals surface area contributed by atoms with Gasteiger partial charge in [0.2, 0.25) is 17.6 Å². The van der Waals surface area contributed by atoms with Crippen molar-refractivity contribution in [1.29, 1.82) is 0 Å². The van der Waals surface area contributed by atoms with Gasteiger partial charge in [0.25, 0.3) is 0 Å². The van der Waals surface area contributed by atoms with Crippen LogP contribution in [0.2, 0.25) is 0 Å². The lowest BCUT2D eigenvalue weighted by molar-refractivity contribution is -0.132. The van der Waals surface area contributed by atoms with Gasteiger partial charge in [0.05, 0.1) is 5.92 Å². The number of unbranched alkanes of at least 4 members (excludes halogenated alkanes) is 1. The van der Waals surface area contributed by atoms with Crippen molar-refractivity contribution in [1.82, 2.24) is 15.0 Å². The smallest absolute Gasteiger partial charge is 0.231 e. The average molecular weight is 331 g/mol. The Morgan fingerprint density at radius 3 is 2.92 bits per heavy atom. The minimum Gasteiger partial charge on any atom is -0.342 e. The molecule has 1 fully saturated rings. The van der Waals surface area contributed by atoms with E-state index in [1.54, 1.807) is 12.1 Å². The summed E-state index contributed by atoms with van der Waals surface area (Å²) < 4.78 is 18.4. The molecule has 0 bridgehead atoms. The number of aromatic nitrogens is 2. The first kappa shape index (κ1) is 16.6. The van der Waals surface area contributed by atoms with Gasteiger partial charge in [-0.25, -0.2) is 4.39 Å². The Kier molecular flexibility index (Phi) is 5.23. The van der Waals surface area contributed by atoms with E-state index in [-0.39, 0.29) is 17.6 Å². The highest BCUT2D eigenvalue weighted by molar-refractivity contribution is 5.76. The number of piperidine rings is 1. The fourth-order valence-corrected chi connectivity index (χ4v) is 3.01. The second kappa shape index (κ2) is 7.55. The van der Waals surface area contributed by atoms with Crippen molar-refractivity contribution < 1.29 is 13.7 Å². The molecule has 0 saturated carbocycles. The third-order valence-corrected chi connectivity index (χ3v) is 4.41. The fourth-order valence-electron chi connectivity index (χ4n) is 3.01. The molecule has 1 saturated heterocycles. The number of carbonyl (C=O) groups is 1. The normalized spacial score (nSPS) is 17.9. The largest absolute Gasteiger partial charge is 0.342 e. The molecule has 1 aliphatic heterocycles. The monoisotopic (exact) mass is 331 g/mol. The lowest BCUT2D eigenvalue weighted by Gasteiger charge is -2.31. The first-order valence-corrected chi connectivity index (χ1v) is 8.54. The summed E-state index contributed by atoms with van der Waals surface area (Å²) >= 11 is 0. The van der Waals surface area contributed by atoms with Crippen LogP contribution in [0.3, 0.4) is 0 Å². The summed E-state index contributed by atoms with van der Waals surface area (Å²) in [6, 6.07) is 6.01. The van der Waals surface area contributed by atoms with Crippen molar-refractivity contribution >= 4 is 5.91 Å². The molecule has 1 amide bonds. The van der Waals surface area contributed by atoms with Gasteiger partial charge >= 0.3 is 0 Å². The molecular weight excluding hydrogens is 309 g/mol. The number of halogens is 1. The van der Waals surface area contributed by atoms with Gasteiger partial charge in [-0.1, -0.05) is 18.5 Å². The molecule has 0 radical (unpaired) electrons. The minimum absolute atomic E-state index is 0.0750. The Bertz CT molecular complexity index is 684. The van der Waals surface area contributed by atoms with Crippen molar-refractivity contribution in [3.8, 4) is 11.4 Å². The second-order valence-corrected chi connectivity index (χ2v) is 6.25. The first-order valence-electron chi connectivity index (χ1n) is 8.54. The van der Waals surface area contributed by atoms with Gasteiger partial charge in [-0.3, -0.25) is 4.79 Å². The lowest BCUT2D eigenvalue weighted by atomic mass is 9.97. The molecule has 5 nitrogen and oxygen atoms in total. The fraction of sp³-hybridized carbons (Fsp3) is 0.500. The number of rotatable bonds is 5. The summed E-state index contributed by atoms with van der Waals surface area (Å²) in [5.74, 6) is 1.00. The van der Waals surface area contributed by atoms with E-state index in [1.165, 1.54) is 12.1 Å². The summed E-state index contributed by atoms with van der Waals surface area (Å²) in [6.45, 7) is 3.52. The molecule has 0 N–H and O–H groups in total. The average Bonchev–Trinajstić information content (AvgIpc) is 3.10. The number of hydrogen-bond donors (Lipinski definition) is 0. The number of nitrogens with zero attached hydrogens (tertiary/aromatic N) is 3. The van der Waals surface area contributed by atoms with Gasteiger partial charge in [-0.05, 0) is 43.5 Å². The molecule has 2 heterocycles. The zero-order valence-corrected chi connectivity index (χ0v) is 13.9. The summed E-state index contributed by atoms with van der Waals surface area (Å²) in [4.78, 5) is 18.6. The molecule has 2 aromatic rings. The van der Waals surface area contributed by atoms with Gasteiger partial charge in [-0.2, -0.15) is 4.98 Å². The van der Waals surface area contributed by atoms with Crippen LogP contribution in [-0.2, 0) is 4.79 Å². The van der Waals surface area contributed by atoms with E-state index in [2.05, 4.69) is 17.1 Å². The molecule has 1 unspecified atom stereocenters. The number of amides is 1. The van der Waals surface area contributed by atoms with Crippen LogP contribution in [0.4, 0.5) is 4.39 Å². The minimum atomic E-state index is -0.295. The molecule has 24 heavy (non-hydrogen) atoms. The van der Waals surface area contributed by atoms with E-state index in [4.69, 9.17) is 4.52 Å². The summed E-state index contributed by atoms with van der Waals surface area (Å²) in [5.41, 5.74) is 0.720. The third kappa shape index (κ3) is 3.80. The molecule has 0 aliphatic carbocycles. The van der Waals surface area contributed by atoms with Gasteiger partial charge in [-0.15, -0.1) is 0 Å². The predicted octanol–water partition coefficient (Wildman–Crippen LogP) is 3.77. The number of carbonyl (C=O) groups excluding carboxylic acids is 1. The van der Waals surface area contributed by atoms with Crippen molar-refractivity contribution in [3.05, 3.63) is 36.0 Å². The molecule has 6 heteroatoms. The molecular formula is C18H22FN3O2. The van der Waals surface area contributed by atoms with Gasteiger partial charge in [0.15, 0.2) is 0 Å². The Labute approximate surface area is 140 Å².